The second kappa shape index (κ2) is 10.4. The van der Waals surface area contributed by atoms with Gasteiger partial charge in [0.05, 0.1) is 18.1 Å². The summed E-state index contributed by atoms with van der Waals surface area (Å²) in [6.45, 7) is 4.32. The van der Waals surface area contributed by atoms with Crippen molar-refractivity contribution in [2.24, 2.45) is 5.92 Å². The molecule has 1 N–H and O–H groups in total. The number of rotatable bonds is 6. The molecule has 12 heteroatoms. The Morgan fingerprint density at radius 3 is 2.51 bits per heavy atom. The number of hydrogen-bond acceptors (Lipinski definition) is 9. The summed E-state index contributed by atoms with van der Waals surface area (Å²) in [4.78, 5) is 40.9. The largest absolute Gasteiger partial charge is 0.502 e. The molecule has 206 valence electrons. The summed E-state index contributed by atoms with van der Waals surface area (Å²) in [5, 5.41) is 22.1. The smallest absolute Gasteiger partial charge is 0.308 e. The maximum Gasteiger partial charge on any atom is 0.308 e. The third-order valence-corrected chi connectivity index (χ3v) is 8.69. The van der Waals surface area contributed by atoms with Gasteiger partial charge in [-0.1, -0.05) is 23.5 Å². The number of carbonyl (C=O) groups is 2. The molecule has 0 unspecified atom stereocenters. The fourth-order valence-corrected chi connectivity index (χ4v) is 6.57. The first-order valence-corrected chi connectivity index (χ1v) is 13.8. The molecule has 1 amide bonds. The number of esters is 1. The van der Waals surface area contributed by atoms with Crippen LogP contribution in [0.4, 0.5) is 4.39 Å². The Kier molecular flexibility index (Phi) is 7.15. The molecule has 1 fully saturated rings. The molecule has 0 bridgehead atoms. The van der Waals surface area contributed by atoms with Crippen LogP contribution in [0, 0.1) is 11.7 Å². The predicted molar refractivity (Wildman–Crippen MR) is 143 cm³/mol. The van der Waals surface area contributed by atoms with Crippen molar-refractivity contribution in [3.63, 3.8) is 0 Å². The van der Waals surface area contributed by atoms with E-state index in [1.165, 1.54) is 34.3 Å². The topological polar surface area (TPSA) is 118 Å². The van der Waals surface area contributed by atoms with Crippen molar-refractivity contribution < 1.29 is 23.8 Å². The molecule has 3 heterocycles. The van der Waals surface area contributed by atoms with Crippen LogP contribution in [0.1, 0.15) is 60.6 Å². The van der Waals surface area contributed by atoms with Crippen LogP contribution in [0.2, 0.25) is 0 Å². The molecule has 39 heavy (non-hydrogen) atoms. The summed E-state index contributed by atoms with van der Waals surface area (Å²) in [6, 6.07) is 6.06. The van der Waals surface area contributed by atoms with Gasteiger partial charge in [0.25, 0.3) is 5.91 Å². The van der Waals surface area contributed by atoms with Crippen LogP contribution in [-0.2, 0) is 16.0 Å². The summed E-state index contributed by atoms with van der Waals surface area (Å²) in [5.74, 6) is -1.88. The van der Waals surface area contributed by atoms with Crippen molar-refractivity contribution in [3.05, 3.63) is 62.8 Å². The van der Waals surface area contributed by atoms with Crippen molar-refractivity contribution in [1.82, 2.24) is 19.8 Å². The number of benzene rings is 1. The van der Waals surface area contributed by atoms with Crippen LogP contribution >= 0.6 is 11.3 Å². The molecule has 1 aromatic carbocycles. The number of aromatic hydroxyl groups is 1. The molecule has 3 aromatic rings. The molecule has 2 aromatic heterocycles. The molecule has 1 saturated carbocycles. The molecule has 5 rings (SSSR count). The van der Waals surface area contributed by atoms with Crippen molar-refractivity contribution in [1.29, 1.82) is 0 Å². The number of nitrogens with zero attached hydrogens (tertiary/aromatic N) is 5. The molecule has 0 atom stereocenters. The molecule has 2 aliphatic rings. The molecule has 10 nitrogen and oxygen atoms in total. The van der Waals surface area contributed by atoms with E-state index in [9.17, 15) is 23.9 Å². The highest BCUT2D eigenvalue weighted by molar-refractivity contribution is 7.14. The third-order valence-electron chi connectivity index (χ3n) is 7.73. The van der Waals surface area contributed by atoms with E-state index in [0.717, 1.165) is 5.56 Å². The fraction of sp³-hybridized carbons (Fsp3) is 0.444. The zero-order valence-corrected chi connectivity index (χ0v) is 22.8. The van der Waals surface area contributed by atoms with E-state index in [2.05, 4.69) is 10.2 Å². The first kappa shape index (κ1) is 26.8. The summed E-state index contributed by atoms with van der Waals surface area (Å²) in [6.07, 6.45) is 4.08. The van der Waals surface area contributed by atoms with Crippen LogP contribution in [0.3, 0.4) is 0 Å². The van der Waals surface area contributed by atoms with Crippen molar-refractivity contribution >= 4 is 23.2 Å². The van der Waals surface area contributed by atoms with Gasteiger partial charge in [-0.25, -0.2) is 4.39 Å². The van der Waals surface area contributed by atoms with Gasteiger partial charge in [0.1, 0.15) is 16.5 Å². The van der Waals surface area contributed by atoms with Crippen molar-refractivity contribution in [2.45, 2.75) is 51.6 Å². The maximum absolute atomic E-state index is 13.7. The van der Waals surface area contributed by atoms with Gasteiger partial charge in [-0.3, -0.25) is 24.1 Å². The third kappa shape index (κ3) is 4.56. The number of carbonyl (C=O) groups excluding carboxylic acids is 2. The van der Waals surface area contributed by atoms with Gasteiger partial charge < -0.3 is 14.7 Å². The zero-order valence-electron chi connectivity index (χ0n) is 22.0. The molecule has 1 aliphatic heterocycles. The number of halogens is 1. The zero-order chi connectivity index (χ0) is 27.9. The number of fused-ring (bicyclic) bond motifs is 1. The van der Waals surface area contributed by atoms with Crippen LogP contribution in [0.15, 0.2) is 35.3 Å². The Hall–Kier alpha value is -3.80. The Labute approximate surface area is 228 Å². The van der Waals surface area contributed by atoms with Gasteiger partial charge in [0.15, 0.2) is 16.5 Å². The van der Waals surface area contributed by atoms with Gasteiger partial charge >= 0.3 is 5.97 Å². The molecular formula is C27H30FN5O5S. The van der Waals surface area contributed by atoms with Gasteiger partial charge in [0.2, 0.25) is 5.43 Å². The minimum absolute atomic E-state index is 0.109. The molecule has 0 saturated heterocycles. The van der Waals surface area contributed by atoms with E-state index in [0.29, 0.717) is 55.3 Å². The number of pyridine rings is 1. The van der Waals surface area contributed by atoms with Crippen LogP contribution in [0.5, 0.6) is 5.75 Å². The normalized spacial score (nSPS) is 20.8. The highest BCUT2D eigenvalue weighted by Crippen LogP contribution is 2.42. The van der Waals surface area contributed by atoms with E-state index < -0.39 is 22.7 Å². The van der Waals surface area contributed by atoms with Crippen LogP contribution in [-0.4, -0.2) is 62.6 Å². The fourth-order valence-electron chi connectivity index (χ4n) is 5.69. The number of ether oxygens (including phenoxy) is 1. The first-order valence-electron chi connectivity index (χ1n) is 13.0. The van der Waals surface area contributed by atoms with Gasteiger partial charge in [-0.2, -0.15) is 0 Å². The summed E-state index contributed by atoms with van der Waals surface area (Å²) in [5.41, 5.74) is -0.587. The second-order valence-electron chi connectivity index (χ2n) is 9.80. The average Bonchev–Trinajstić information content (AvgIpc) is 3.39. The maximum atomic E-state index is 13.7. The van der Waals surface area contributed by atoms with E-state index in [4.69, 9.17) is 4.74 Å². The Balaban J connectivity index is 1.50. The lowest BCUT2D eigenvalue weighted by Gasteiger charge is -2.56. The Bertz CT molecular complexity index is 1460. The summed E-state index contributed by atoms with van der Waals surface area (Å²) >= 11 is 1.20. The summed E-state index contributed by atoms with van der Waals surface area (Å²) in [7, 11) is 1.82. The van der Waals surface area contributed by atoms with E-state index in [1.807, 2.05) is 19.0 Å². The van der Waals surface area contributed by atoms with Gasteiger partial charge in [0, 0.05) is 26.2 Å². The molecule has 0 radical (unpaired) electrons. The monoisotopic (exact) mass is 555 g/mol. The number of aromatic nitrogens is 3. The lowest BCUT2D eigenvalue weighted by atomic mass is 9.79. The van der Waals surface area contributed by atoms with E-state index in [-0.39, 0.29) is 29.0 Å². The Morgan fingerprint density at radius 2 is 1.87 bits per heavy atom. The van der Waals surface area contributed by atoms with Crippen LogP contribution < -0.4 is 10.4 Å². The minimum atomic E-state index is -0.741. The van der Waals surface area contributed by atoms with Crippen LogP contribution in [0.25, 0.3) is 10.6 Å². The molecule has 1 aliphatic carbocycles. The van der Waals surface area contributed by atoms with E-state index in [1.54, 1.807) is 24.0 Å². The standard InChI is InChI=1S/C27H30FN5O5S/c1-4-32-25(36)21-23(35)22(34)19(24-30-29-20(39-24)14-16-6-8-18(28)9-7-16)15-33(21)31(3)27(32)12-10-17(11-13-27)26(37)38-5-2/h6-9,15,17,35H,4-5,10-14H2,1-3H3. The van der Waals surface area contributed by atoms with Gasteiger partial charge in [-0.05, 0) is 57.2 Å². The Morgan fingerprint density at radius 1 is 1.18 bits per heavy atom. The highest BCUT2D eigenvalue weighted by Gasteiger charge is 2.51. The average molecular weight is 556 g/mol. The SMILES string of the molecule is CCOC(=O)C1CCC2(CC1)N(CC)C(=O)c1c(O)c(=O)c(-c3nnc(Cc4ccc(F)cc4)s3)cn1N2C. The van der Waals surface area contributed by atoms with Crippen molar-refractivity contribution in [3.8, 4) is 16.3 Å². The number of hydrogen-bond donors (Lipinski definition) is 1. The molecule has 1 spiro atoms. The predicted octanol–water partition coefficient (Wildman–Crippen LogP) is 3.30. The minimum Gasteiger partial charge on any atom is -0.502 e. The quantitative estimate of drug-likeness (QED) is 0.461. The number of amides is 1. The lowest BCUT2D eigenvalue weighted by molar-refractivity contribution is -0.150. The summed E-state index contributed by atoms with van der Waals surface area (Å²) < 4.78 is 20.0. The lowest BCUT2D eigenvalue weighted by Crippen LogP contribution is -2.70. The van der Waals surface area contributed by atoms with Gasteiger partial charge in [-0.15, -0.1) is 10.2 Å². The second-order valence-corrected chi connectivity index (χ2v) is 10.9. The van der Waals surface area contributed by atoms with E-state index >= 15 is 0 Å². The highest BCUT2D eigenvalue weighted by atomic mass is 32.1. The van der Waals surface area contributed by atoms with Crippen molar-refractivity contribution in [2.75, 3.05) is 25.2 Å². The molecular weight excluding hydrogens is 525 g/mol. The first-order chi connectivity index (χ1) is 18.7.